The Bertz CT molecular complexity index is 1110. The quantitative estimate of drug-likeness (QED) is 0.154. The van der Waals surface area contributed by atoms with Crippen molar-refractivity contribution >= 4 is 28.5 Å². The molecule has 2 rings (SSSR count). The molecule has 0 fully saturated rings. The second kappa shape index (κ2) is 17.6. The van der Waals surface area contributed by atoms with Gasteiger partial charge in [-0.05, 0) is 52.8 Å². The summed E-state index contributed by atoms with van der Waals surface area (Å²) >= 11 is 0. The third kappa shape index (κ3) is 12.5. The van der Waals surface area contributed by atoms with Gasteiger partial charge in [0.2, 0.25) is 0 Å². The molecule has 0 spiro atoms. The molecule has 0 atom stereocenters. The van der Waals surface area contributed by atoms with Crippen molar-refractivity contribution in [1.82, 2.24) is 5.32 Å². The Morgan fingerprint density at radius 3 is 2.00 bits per heavy atom. The number of carbonyl (C=O) groups excluding carboxylic acids is 2. The van der Waals surface area contributed by atoms with Crippen LogP contribution in [0, 0.1) is 0 Å². The van der Waals surface area contributed by atoms with E-state index in [1.807, 2.05) is 39.0 Å². The molecule has 0 saturated carbocycles. The highest BCUT2D eigenvalue weighted by molar-refractivity contribution is 5.97. The van der Waals surface area contributed by atoms with Crippen LogP contribution in [0.4, 0.5) is 5.69 Å². The molecule has 0 aliphatic heterocycles. The van der Waals surface area contributed by atoms with Crippen LogP contribution in [0.1, 0.15) is 51.4 Å². The molecule has 224 valence electrons. The molecule has 0 bridgehead atoms. The molecule has 1 N–H and O–H groups in total. The predicted molar refractivity (Wildman–Crippen MR) is 152 cm³/mol. The Balaban J connectivity index is 1.51. The molecule has 0 unspecified atom stereocenters. The minimum atomic E-state index is -0.675. The van der Waals surface area contributed by atoms with Crippen LogP contribution in [0.3, 0.4) is 0 Å². The molecule has 11 nitrogen and oxygen atoms in total. The smallest absolute Gasteiger partial charge is 0.349 e. The van der Waals surface area contributed by atoms with Gasteiger partial charge in [0.1, 0.15) is 16.7 Å². The summed E-state index contributed by atoms with van der Waals surface area (Å²) in [6, 6.07) is 7.17. The lowest BCUT2D eigenvalue weighted by Crippen LogP contribution is -2.31. The first-order valence-corrected chi connectivity index (χ1v) is 13.8. The summed E-state index contributed by atoms with van der Waals surface area (Å²) < 4.78 is 32.3. The summed E-state index contributed by atoms with van der Waals surface area (Å²) in [6.45, 7) is 14.4. The third-order valence-corrected chi connectivity index (χ3v) is 5.61. The number of hydrogen-bond donors (Lipinski definition) is 1. The van der Waals surface area contributed by atoms with Crippen LogP contribution in [0.15, 0.2) is 33.5 Å². The van der Waals surface area contributed by atoms with Crippen LogP contribution < -0.4 is 15.8 Å². The molecule has 11 heteroatoms. The van der Waals surface area contributed by atoms with Gasteiger partial charge >= 0.3 is 11.6 Å². The number of benzene rings is 1. The van der Waals surface area contributed by atoms with Crippen molar-refractivity contribution in [3.63, 3.8) is 0 Å². The van der Waals surface area contributed by atoms with E-state index in [1.54, 1.807) is 6.07 Å². The van der Waals surface area contributed by atoms with Gasteiger partial charge in [-0.3, -0.25) is 9.59 Å². The van der Waals surface area contributed by atoms with Gasteiger partial charge in [0.25, 0.3) is 5.91 Å². The van der Waals surface area contributed by atoms with Crippen LogP contribution in [-0.2, 0) is 28.5 Å². The Labute approximate surface area is 236 Å². The lowest BCUT2D eigenvalue weighted by atomic mass is 10.1. The van der Waals surface area contributed by atoms with Crippen LogP contribution in [-0.4, -0.2) is 90.0 Å². The number of hydrogen-bond acceptors (Lipinski definition) is 10. The van der Waals surface area contributed by atoms with Crippen molar-refractivity contribution in [2.45, 2.75) is 46.6 Å². The zero-order valence-electron chi connectivity index (χ0n) is 24.4. The van der Waals surface area contributed by atoms with E-state index in [0.29, 0.717) is 57.2 Å². The molecule has 0 saturated heterocycles. The maximum Gasteiger partial charge on any atom is 0.349 e. The van der Waals surface area contributed by atoms with Crippen molar-refractivity contribution in [3.05, 3.63) is 40.2 Å². The van der Waals surface area contributed by atoms with Gasteiger partial charge in [-0.25, -0.2) is 4.79 Å². The van der Waals surface area contributed by atoms with Crippen LogP contribution in [0.2, 0.25) is 0 Å². The highest BCUT2D eigenvalue weighted by Crippen LogP contribution is 2.22. The first-order valence-electron chi connectivity index (χ1n) is 13.8. The molecule has 2 aromatic rings. The third-order valence-electron chi connectivity index (χ3n) is 5.61. The Morgan fingerprint density at radius 1 is 0.850 bits per heavy atom. The number of nitrogens with zero attached hydrogens (tertiary/aromatic N) is 1. The van der Waals surface area contributed by atoms with Gasteiger partial charge in [-0.15, -0.1) is 0 Å². The maximum absolute atomic E-state index is 12.5. The van der Waals surface area contributed by atoms with E-state index in [-0.39, 0.29) is 31.1 Å². The van der Waals surface area contributed by atoms with E-state index in [1.165, 1.54) is 0 Å². The maximum atomic E-state index is 12.5. The predicted octanol–water partition coefficient (Wildman–Crippen LogP) is 3.17. The minimum absolute atomic E-state index is 0.0418. The molecule has 1 aromatic heterocycles. The van der Waals surface area contributed by atoms with Gasteiger partial charge in [-0.2, -0.15) is 0 Å². The first-order chi connectivity index (χ1) is 19.1. The van der Waals surface area contributed by atoms with E-state index < -0.39 is 17.1 Å². The van der Waals surface area contributed by atoms with E-state index in [9.17, 15) is 14.4 Å². The fourth-order valence-electron chi connectivity index (χ4n) is 3.69. The second-order valence-electron chi connectivity index (χ2n) is 9.88. The summed E-state index contributed by atoms with van der Waals surface area (Å²) in [6.07, 6.45) is 0.209. The number of esters is 1. The van der Waals surface area contributed by atoms with Crippen molar-refractivity contribution in [1.29, 1.82) is 0 Å². The van der Waals surface area contributed by atoms with Gasteiger partial charge in [0.05, 0.1) is 59.3 Å². The molecular weight excluding hydrogens is 520 g/mol. The molecule has 1 heterocycles. The average molecular weight is 565 g/mol. The zero-order valence-corrected chi connectivity index (χ0v) is 24.4. The number of ether oxygens (including phenoxy) is 5. The SMILES string of the molecule is CCN(CC)c1ccc2cc(C(=O)NCCOCCOCCOCCOCCC(=O)OC(C)(C)C)c(=O)oc2c1. The van der Waals surface area contributed by atoms with Crippen molar-refractivity contribution in [2.75, 3.05) is 77.4 Å². The topological polar surface area (TPSA) is 126 Å². The monoisotopic (exact) mass is 564 g/mol. The van der Waals surface area contributed by atoms with E-state index in [4.69, 9.17) is 28.1 Å². The van der Waals surface area contributed by atoms with Crippen molar-refractivity contribution in [3.8, 4) is 0 Å². The van der Waals surface area contributed by atoms with Gasteiger partial charge in [-0.1, -0.05) is 0 Å². The van der Waals surface area contributed by atoms with Gasteiger partial charge in [0, 0.05) is 36.8 Å². The van der Waals surface area contributed by atoms with Crippen LogP contribution in [0.25, 0.3) is 11.0 Å². The summed E-state index contributed by atoms with van der Waals surface area (Å²) in [7, 11) is 0. The summed E-state index contributed by atoms with van der Waals surface area (Å²) in [5.74, 6) is -0.789. The lowest BCUT2D eigenvalue weighted by molar-refractivity contribution is -0.156. The molecular formula is C29H44N2O9. The largest absolute Gasteiger partial charge is 0.460 e. The molecule has 0 aliphatic carbocycles. The zero-order chi connectivity index (χ0) is 29.4. The number of carbonyl (C=O) groups is 2. The van der Waals surface area contributed by atoms with Crippen molar-refractivity contribution < 1.29 is 37.7 Å². The average Bonchev–Trinajstić information content (AvgIpc) is 2.90. The molecule has 1 aromatic carbocycles. The van der Waals surface area contributed by atoms with Crippen LogP contribution >= 0.6 is 0 Å². The summed E-state index contributed by atoms with van der Waals surface area (Å²) in [5, 5.41) is 3.36. The number of amides is 1. The lowest BCUT2D eigenvalue weighted by Gasteiger charge is -2.21. The second-order valence-corrected chi connectivity index (χ2v) is 9.88. The summed E-state index contributed by atoms with van der Waals surface area (Å²) in [4.78, 5) is 38.6. The molecule has 0 aliphatic rings. The molecule has 1 amide bonds. The van der Waals surface area contributed by atoms with Gasteiger partial charge in [0.15, 0.2) is 0 Å². The standard InChI is InChI=1S/C29H44N2O9/c1-6-31(7-2)23-9-8-22-20-24(28(34)39-25(22)21-23)27(33)30-11-13-36-15-17-38-19-18-37-16-14-35-12-10-26(32)40-29(3,4)5/h8-9,20-21H,6-7,10-19H2,1-5H3,(H,30,33). The van der Waals surface area contributed by atoms with Crippen LogP contribution in [0.5, 0.6) is 0 Å². The molecule has 40 heavy (non-hydrogen) atoms. The van der Waals surface area contributed by atoms with E-state index in [0.717, 1.165) is 18.8 Å². The number of anilines is 1. The Morgan fingerprint density at radius 2 is 1.43 bits per heavy atom. The normalized spacial score (nSPS) is 11.5. The highest BCUT2D eigenvalue weighted by atomic mass is 16.6. The Hall–Kier alpha value is -2.99. The Kier molecular flexibility index (Phi) is 14.7. The minimum Gasteiger partial charge on any atom is -0.460 e. The summed E-state index contributed by atoms with van der Waals surface area (Å²) in [5.41, 5.74) is 0.203. The van der Waals surface area contributed by atoms with Crippen molar-refractivity contribution in [2.24, 2.45) is 0 Å². The fraction of sp³-hybridized carbons (Fsp3) is 0.621. The number of fused-ring (bicyclic) bond motifs is 1. The molecule has 0 radical (unpaired) electrons. The number of rotatable bonds is 19. The highest BCUT2D eigenvalue weighted by Gasteiger charge is 2.16. The van der Waals surface area contributed by atoms with Gasteiger partial charge < -0.3 is 38.3 Å². The fourth-order valence-corrected chi connectivity index (χ4v) is 3.69. The van der Waals surface area contributed by atoms with E-state index >= 15 is 0 Å². The number of nitrogens with one attached hydrogen (secondary N) is 1. The first kappa shape index (κ1) is 33.2. The van der Waals surface area contributed by atoms with E-state index in [2.05, 4.69) is 24.1 Å².